The molecule has 0 aliphatic rings. The molecule has 19 heavy (non-hydrogen) atoms. The Hall–Kier alpha value is -1.77. The maximum Gasteiger partial charge on any atom is 0.263 e. The van der Waals surface area contributed by atoms with Crippen molar-refractivity contribution in [2.45, 2.75) is 6.42 Å². The number of aromatic nitrogens is 1. The van der Waals surface area contributed by atoms with Gasteiger partial charge in [-0.3, -0.25) is 4.79 Å². The summed E-state index contributed by atoms with van der Waals surface area (Å²) in [6, 6.07) is 5.18. The van der Waals surface area contributed by atoms with E-state index < -0.39 is 5.91 Å². The zero-order valence-electron chi connectivity index (χ0n) is 9.99. The molecule has 0 unspecified atom stereocenters. The van der Waals surface area contributed by atoms with Gasteiger partial charge in [-0.25, -0.2) is 4.98 Å². The van der Waals surface area contributed by atoms with E-state index in [1.807, 2.05) is 6.07 Å². The average Bonchev–Trinajstić information content (AvgIpc) is 2.41. The van der Waals surface area contributed by atoms with Crippen LogP contribution in [0.3, 0.4) is 0 Å². The number of pyridine rings is 1. The van der Waals surface area contributed by atoms with Gasteiger partial charge in [-0.15, -0.1) is 11.6 Å². The third-order valence-corrected chi connectivity index (χ3v) is 2.66. The molecule has 0 aromatic carbocycles. The molecule has 1 aromatic rings. The number of hydrogen-bond acceptors (Lipinski definition) is 4. The van der Waals surface area contributed by atoms with Crippen LogP contribution in [-0.4, -0.2) is 23.3 Å². The van der Waals surface area contributed by atoms with Crippen molar-refractivity contribution in [3.05, 3.63) is 35.3 Å². The zero-order valence-corrected chi connectivity index (χ0v) is 11.5. The number of nitriles is 1. The molecule has 7 heteroatoms. The van der Waals surface area contributed by atoms with Crippen molar-refractivity contribution >= 4 is 34.8 Å². The number of hydrogen-bond donors (Lipinski definition) is 2. The minimum absolute atomic E-state index is 0.0468. The molecular formula is C12H12Cl2N4O. The van der Waals surface area contributed by atoms with E-state index in [0.717, 1.165) is 0 Å². The van der Waals surface area contributed by atoms with Gasteiger partial charge < -0.3 is 10.6 Å². The Morgan fingerprint density at radius 2 is 2.37 bits per heavy atom. The average molecular weight is 299 g/mol. The van der Waals surface area contributed by atoms with E-state index in [4.69, 9.17) is 28.5 Å². The molecule has 0 atom stereocenters. The van der Waals surface area contributed by atoms with Crippen LogP contribution in [0.4, 0.5) is 5.69 Å². The number of alkyl halides is 1. The summed E-state index contributed by atoms with van der Waals surface area (Å²) in [6.45, 7) is 0.426. The van der Waals surface area contributed by atoms with Crippen molar-refractivity contribution in [3.63, 3.8) is 0 Å². The number of amides is 1. The van der Waals surface area contributed by atoms with E-state index in [1.165, 1.54) is 6.20 Å². The third-order valence-electron chi connectivity index (χ3n) is 2.09. The van der Waals surface area contributed by atoms with Crippen LogP contribution < -0.4 is 10.6 Å². The Morgan fingerprint density at radius 3 is 3.00 bits per heavy atom. The minimum Gasteiger partial charge on any atom is -0.358 e. The number of anilines is 1. The lowest BCUT2D eigenvalue weighted by Crippen LogP contribution is -2.26. The van der Waals surface area contributed by atoms with Crippen LogP contribution in [0.2, 0.25) is 5.15 Å². The van der Waals surface area contributed by atoms with Crippen molar-refractivity contribution in [1.29, 1.82) is 5.26 Å². The van der Waals surface area contributed by atoms with Gasteiger partial charge in [0, 0.05) is 24.8 Å². The first-order chi connectivity index (χ1) is 9.19. The fourth-order valence-electron chi connectivity index (χ4n) is 1.16. The first kappa shape index (κ1) is 15.3. The van der Waals surface area contributed by atoms with E-state index in [1.54, 1.807) is 18.3 Å². The maximum atomic E-state index is 11.6. The molecule has 0 saturated heterocycles. The lowest BCUT2D eigenvalue weighted by Gasteiger charge is -2.04. The fourth-order valence-corrected chi connectivity index (χ4v) is 1.46. The molecule has 0 bridgehead atoms. The van der Waals surface area contributed by atoms with Gasteiger partial charge in [0.25, 0.3) is 5.91 Å². The predicted molar refractivity (Wildman–Crippen MR) is 74.9 cm³/mol. The van der Waals surface area contributed by atoms with Crippen LogP contribution in [0.5, 0.6) is 0 Å². The second-order valence-corrected chi connectivity index (χ2v) is 4.19. The smallest absolute Gasteiger partial charge is 0.263 e. The van der Waals surface area contributed by atoms with Gasteiger partial charge in [0.2, 0.25) is 0 Å². The zero-order chi connectivity index (χ0) is 14.1. The Bertz CT molecular complexity index is 511. The van der Waals surface area contributed by atoms with Gasteiger partial charge in [0.15, 0.2) is 5.15 Å². The maximum absolute atomic E-state index is 11.6. The summed E-state index contributed by atoms with van der Waals surface area (Å²) in [5.74, 6) is -0.00442. The molecule has 5 nitrogen and oxygen atoms in total. The van der Waals surface area contributed by atoms with E-state index in [0.29, 0.717) is 24.5 Å². The van der Waals surface area contributed by atoms with Crippen LogP contribution >= 0.6 is 23.2 Å². The van der Waals surface area contributed by atoms with E-state index in [2.05, 4.69) is 15.6 Å². The molecule has 1 rings (SSSR count). The molecule has 0 spiro atoms. The number of halogens is 2. The standard InChI is InChI=1S/C12H12Cl2N4O/c13-4-2-6-17-12(19)9(7-15)8-18-10-3-1-5-16-11(10)14/h1,3,5,8,18H,2,4,6H2,(H,17,19)/b9-8-. The highest BCUT2D eigenvalue weighted by molar-refractivity contribution is 6.32. The Labute approximate surface area is 121 Å². The molecule has 0 aliphatic carbocycles. The van der Waals surface area contributed by atoms with Crippen LogP contribution in [0.1, 0.15) is 6.42 Å². The Kier molecular flexibility index (Phi) is 6.72. The summed E-state index contributed by atoms with van der Waals surface area (Å²) < 4.78 is 0. The molecule has 100 valence electrons. The minimum atomic E-state index is -0.458. The normalized spacial score (nSPS) is 10.7. The number of rotatable bonds is 6. The Balaban J connectivity index is 2.65. The molecule has 0 saturated carbocycles. The molecule has 1 aromatic heterocycles. The van der Waals surface area contributed by atoms with Crippen LogP contribution in [0.25, 0.3) is 0 Å². The van der Waals surface area contributed by atoms with Crippen molar-refractivity contribution in [1.82, 2.24) is 10.3 Å². The summed E-state index contributed by atoms with van der Waals surface area (Å²) in [4.78, 5) is 15.5. The largest absolute Gasteiger partial charge is 0.358 e. The van der Waals surface area contributed by atoms with Crippen molar-refractivity contribution in [2.24, 2.45) is 0 Å². The van der Waals surface area contributed by atoms with Crippen LogP contribution in [0, 0.1) is 11.3 Å². The monoisotopic (exact) mass is 298 g/mol. The highest BCUT2D eigenvalue weighted by atomic mass is 35.5. The lowest BCUT2D eigenvalue weighted by atomic mass is 10.3. The molecule has 1 heterocycles. The van der Waals surface area contributed by atoms with Gasteiger partial charge in [-0.2, -0.15) is 5.26 Å². The fraction of sp³-hybridized carbons (Fsp3) is 0.250. The van der Waals surface area contributed by atoms with E-state index in [9.17, 15) is 4.79 Å². The predicted octanol–water partition coefficient (Wildman–Crippen LogP) is 2.30. The number of carbonyl (C=O) groups is 1. The van der Waals surface area contributed by atoms with Crippen molar-refractivity contribution in [3.8, 4) is 6.07 Å². The van der Waals surface area contributed by atoms with Crippen molar-refractivity contribution < 1.29 is 4.79 Å². The molecule has 2 N–H and O–H groups in total. The van der Waals surface area contributed by atoms with Crippen molar-refractivity contribution in [2.75, 3.05) is 17.7 Å². The number of nitrogens with one attached hydrogen (secondary N) is 2. The summed E-state index contributed by atoms with van der Waals surface area (Å²) in [6.07, 6.45) is 3.48. The van der Waals surface area contributed by atoms with Gasteiger partial charge >= 0.3 is 0 Å². The lowest BCUT2D eigenvalue weighted by molar-refractivity contribution is -0.117. The highest BCUT2D eigenvalue weighted by Crippen LogP contribution is 2.17. The SMILES string of the molecule is N#C/C(=C/Nc1cccnc1Cl)C(=O)NCCCCl. The van der Waals surface area contributed by atoms with E-state index >= 15 is 0 Å². The van der Waals surface area contributed by atoms with E-state index in [-0.39, 0.29) is 10.7 Å². The van der Waals surface area contributed by atoms with Gasteiger partial charge in [-0.1, -0.05) is 11.6 Å². The quantitative estimate of drug-likeness (QED) is 0.278. The van der Waals surface area contributed by atoms with Gasteiger partial charge in [-0.05, 0) is 18.6 Å². The van der Waals surface area contributed by atoms with Gasteiger partial charge in [0.1, 0.15) is 11.6 Å². The third kappa shape index (κ3) is 5.16. The topological polar surface area (TPSA) is 77.8 Å². The molecule has 0 aliphatic heterocycles. The number of nitrogens with zero attached hydrogens (tertiary/aromatic N) is 2. The molecular weight excluding hydrogens is 287 g/mol. The summed E-state index contributed by atoms with van der Waals surface area (Å²) >= 11 is 11.3. The summed E-state index contributed by atoms with van der Waals surface area (Å²) in [7, 11) is 0. The molecule has 1 amide bonds. The molecule has 0 fully saturated rings. The highest BCUT2D eigenvalue weighted by Gasteiger charge is 2.08. The second-order valence-electron chi connectivity index (χ2n) is 3.45. The van der Waals surface area contributed by atoms with Crippen LogP contribution in [0.15, 0.2) is 30.1 Å². The first-order valence-corrected chi connectivity index (χ1v) is 6.41. The van der Waals surface area contributed by atoms with Crippen LogP contribution in [-0.2, 0) is 4.79 Å². The molecule has 0 radical (unpaired) electrons. The number of carbonyl (C=O) groups excluding carboxylic acids is 1. The first-order valence-electron chi connectivity index (χ1n) is 5.50. The second kappa shape index (κ2) is 8.35. The summed E-state index contributed by atoms with van der Waals surface area (Å²) in [5.41, 5.74) is 0.472. The summed E-state index contributed by atoms with van der Waals surface area (Å²) in [5, 5.41) is 14.5. The Morgan fingerprint density at radius 1 is 1.58 bits per heavy atom. The van der Waals surface area contributed by atoms with Gasteiger partial charge in [0.05, 0.1) is 5.69 Å².